The van der Waals surface area contributed by atoms with Crippen LogP contribution in [0.25, 0.3) is 0 Å². The SMILES string of the molecule is Cc1ccc(CN2CCC3(CC2)CN(C(=O)Nc2ccc(F)cc2F)c2ccc(F)cc23)cc1. The Hall–Kier alpha value is -3.32. The van der Waals surface area contributed by atoms with E-state index in [0.717, 1.165) is 50.2 Å². The monoisotopic (exact) mass is 465 g/mol. The highest BCUT2D eigenvalue weighted by molar-refractivity contribution is 6.03. The van der Waals surface area contributed by atoms with Crippen molar-refractivity contribution in [2.24, 2.45) is 0 Å². The molecule has 0 bridgehead atoms. The van der Waals surface area contributed by atoms with Crippen molar-refractivity contribution >= 4 is 17.4 Å². The standard InChI is InChI=1S/C27H26F3N3O/c1-18-2-4-19(5-3-18)16-32-12-10-27(11-13-32)17-33(25-9-7-20(28)14-22(25)27)26(34)31-24-8-6-21(29)15-23(24)30/h2-9,14-15H,10-13,16-17H2,1H3,(H,31,34). The molecule has 176 valence electrons. The summed E-state index contributed by atoms with van der Waals surface area (Å²) in [5.41, 5.74) is 3.47. The summed E-state index contributed by atoms with van der Waals surface area (Å²) in [5.74, 6) is -1.90. The number of amides is 2. The number of carbonyl (C=O) groups excluding carboxylic acids is 1. The molecule has 1 fully saturated rings. The van der Waals surface area contributed by atoms with Crippen molar-refractivity contribution in [3.05, 3.63) is 94.8 Å². The van der Waals surface area contributed by atoms with Gasteiger partial charge in [0, 0.05) is 30.3 Å². The zero-order chi connectivity index (χ0) is 23.9. The van der Waals surface area contributed by atoms with E-state index in [2.05, 4.69) is 41.4 Å². The largest absolute Gasteiger partial charge is 0.326 e. The number of rotatable bonds is 3. The molecular formula is C27H26F3N3O. The molecule has 0 atom stereocenters. The van der Waals surface area contributed by atoms with Crippen molar-refractivity contribution in [3.8, 4) is 0 Å². The molecular weight excluding hydrogens is 439 g/mol. The highest BCUT2D eigenvalue weighted by Crippen LogP contribution is 2.47. The molecule has 0 aliphatic carbocycles. The lowest BCUT2D eigenvalue weighted by molar-refractivity contribution is 0.160. The molecule has 1 N–H and O–H groups in total. The fourth-order valence-electron chi connectivity index (χ4n) is 5.11. The number of anilines is 2. The van der Waals surface area contributed by atoms with E-state index >= 15 is 0 Å². The first kappa shape index (κ1) is 22.5. The molecule has 0 saturated carbocycles. The smallest absolute Gasteiger partial charge is 0.305 e. The van der Waals surface area contributed by atoms with E-state index < -0.39 is 17.7 Å². The second-order valence-corrected chi connectivity index (χ2v) is 9.34. The van der Waals surface area contributed by atoms with Crippen molar-refractivity contribution in [2.75, 3.05) is 29.9 Å². The van der Waals surface area contributed by atoms with E-state index in [4.69, 9.17) is 0 Å². The van der Waals surface area contributed by atoms with Gasteiger partial charge in [0.05, 0.1) is 5.69 Å². The molecule has 5 rings (SSSR count). The fourth-order valence-corrected chi connectivity index (χ4v) is 5.11. The molecule has 7 heteroatoms. The van der Waals surface area contributed by atoms with E-state index in [9.17, 15) is 18.0 Å². The zero-order valence-corrected chi connectivity index (χ0v) is 19.0. The lowest BCUT2D eigenvalue weighted by Gasteiger charge is -2.40. The summed E-state index contributed by atoms with van der Waals surface area (Å²) in [6.07, 6.45) is 1.56. The van der Waals surface area contributed by atoms with Crippen LogP contribution in [0.5, 0.6) is 0 Å². The Labute approximate surface area is 197 Å². The fraction of sp³-hybridized carbons (Fsp3) is 0.296. The second-order valence-electron chi connectivity index (χ2n) is 9.34. The maximum absolute atomic E-state index is 14.2. The lowest BCUT2D eigenvalue weighted by Crippen LogP contribution is -2.46. The number of likely N-dealkylation sites (tertiary alicyclic amines) is 1. The lowest BCUT2D eigenvalue weighted by atomic mass is 9.74. The Kier molecular flexibility index (Phi) is 5.81. The maximum Gasteiger partial charge on any atom is 0.326 e. The zero-order valence-electron chi connectivity index (χ0n) is 19.0. The number of hydrogen-bond acceptors (Lipinski definition) is 2. The van der Waals surface area contributed by atoms with Crippen molar-refractivity contribution < 1.29 is 18.0 Å². The van der Waals surface area contributed by atoms with Gasteiger partial charge in [-0.15, -0.1) is 0 Å². The first-order chi connectivity index (χ1) is 16.3. The Balaban J connectivity index is 1.34. The average Bonchev–Trinajstić information content (AvgIpc) is 3.12. The van der Waals surface area contributed by atoms with Gasteiger partial charge in [-0.1, -0.05) is 29.8 Å². The third-order valence-corrected chi connectivity index (χ3v) is 7.04. The van der Waals surface area contributed by atoms with Gasteiger partial charge in [0.1, 0.15) is 17.5 Å². The van der Waals surface area contributed by atoms with Gasteiger partial charge in [0.25, 0.3) is 0 Å². The van der Waals surface area contributed by atoms with Crippen LogP contribution in [0.4, 0.5) is 29.3 Å². The summed E-state index contributed by atoms with van der Waals surface area (Å²) in [6, 6.07) is 15.5. The Morgan fingerprint density at radius 2 is 1.62 bits per heavy atom. The van der Waals surface area contributed by atoms with Gasteiger partial charge in [-0.2, -0.15) is 0 Å². The predicted octanol–water partition coefficient (Wildman–Crippen LogP) is 6.00. The molecule has 3 aromatic carbocycles. The molecule has 1 saturated heterocycles. The first-order valence-corrected chi connectivity index (χ1v) is 11.4. The number of halogens is 3. The van der Waals surface area contributed by atoms with Crippen LogP contribution in [-0.2, 0) is 12.0 Å². The van der Waals surface area contributed by atoms with Crippen molar-refractivity contribution in [2.45, 2.75) is 31.7 Å². The van der Waals surface area contributed by atoms with Crippen LogP contribution in [0.15, 0.2) is 60.7 Å². The molecule has 3 aromatic rings. The third kappa shape index (κ3) is 4.28. The van der Waals surface area contributed by atoms with Crippen LogP contribution in [-0.4, -0.2) is 30.6 Å². The van der Waals surface area contributed by atoms with E-state index in [-0.39, 0.29) is 16.9 Å². The van der Waals surface area contributed by atoms with E-state index in [1.54, 1.807) is 11.0 Å². The van der Waals surface area contributed by atoms with E-state index in [0.29, 0.717) is 12.2 Å². The highest BCUT2D eigenvalue weighted by Gasteiger charge is 2.46. The number of hydrogen-bond donors (Lipinski definition) is 1. The van der Waals surface area contributed by atoms with Crippen molar-refractivity contribution in [1.29, 1.82) is 0 Å². The predicted molar refractivity (Wildman–Crippen MR) is 126 cm³/mol. The van der Waals surface area contributed by atoms with Gasteiger partial charge in [0.2, 0.25) is 0 Å². The van der Waals surface area contributed by atoms with Gasteiger partial charge >= 0.3 is 6.03 Å². The summed E-state index contributed by atoms with van der Waals surface area (Å²) < 4.78 is 41.6. The third-order valence-electron chi connectivity index (χ3n) is 7.04. The number of carbonyl (C=O) groups is 1. The quantitative estimate of drug-likeness (QED) is 0.515. The van der Waals surface area contributed by atoms with Crippen LogP contribution in [0.2, 0.25) is 0 Å². The average molecular weight is 466 g/mol. The molecule has 0 unspecified atom stereocenters. The van der Waals surface area contributed by atoms with E-state index in [1.165, 1.54) is 29.3 Å². The van der Waals surface area contributed by atoms with E-state index in [1.807, 2.05) is 0 Å². The number of nitrogens with one attached hydrogen (secondary N) is 1. The summed E-state index contributed by atoms with van der Waals surface area (Å²) in [7, 11) is 0. The number of benzene rings is 3. The van der Waals surface area contributed by atoms with Crippen molar-refractivity contribution in [3.63, 3.8) is 0 Å². The molecule has 0 radical (unpaired) electrons. The van der Waals surface area contributed by atoms with Gasteiger partial charge < -0.3 is 5.32 Å². The van der Waals surface area contributed by atoms with Crippen LogP contribution < -0.4 is 10.2 Å². The Bertz CT molecular complexity index is 1220. The van der Waals surface area contributed by atoms with Crippen LogP contribution in [0.1, 0.15) is 29.5 Å². The molecule has 2 aliphatic heterocycles. The van der Waals surface area contributed by atoms with Crippen LogP contribution >= 0.6 is 0 Å². The number of urea groups is 1. The molecule has 1 spiro atoms. The Morgan fingerprint density at radius 1 is 0.941 bits per heavy atom. The minimum atomic E-state index is -0.842. The number of nitrogens with zero attached hydrogens (tertiary/aromatic N) is 2. The summed E-state index contributed by atoms with van der Waals surface area (Å²) in [4.78, 5) is 17.0. The topological polar surface area (TPSA) is 35.6 Å². The van der Waals surface area contributed by atoms with Gasteiger partial charge in [-0.3, -0.25) is 9.80 Å². The van der Waals surface area contributed by atoms with Crippen LogP contribution in [0, 0.1) is 24.4 Å². The first-order valence-electron chi connectivity index (χ1n) is 11.4. The second kappa shape index (κ2) is 8.80. The molecule has 0 aromatic heterocycles. The van der Waals surface area contributed by atoms with Crippen molar-refractivity contribution in [1.82, 2.24) is 4.90 Å². The molecule has 2 amide bonds. The van der Waals surface area contributed by atoms with Gasteiger partial charge in [-0.25, -0.2) is 18.0 Å². The minimum absolute atomic E-state index is 0.0936. The molecule has 34 heavy (non-hydrogen) atoms. The Morgan fingerprint density at radius 3 is 2.32 bits per heavy atom. The number of fused-ring (bicyclic) bond motifs is 2. The van der Waals surface area contributed by atoms with Gasteiger partial charge in [0.15, 0.2) is 0 Å². The minimum Gasteiger partial charge on any atom is -0.305 e. The molecule has 2 heterocycles. The number of aryl methyl sites for hydroxylation is 1. The molecule has 2 aliphatic rings. The number of piperidine rings is 1. The molecule has 4 nitrogen and oxygen atoms in total. The highest BCUT2D eigenvalue weighted by atomic mass is 19.1. The normalized spacial score (nSPS) is 17.1. The maximum atomic E-state index is 14.2. The van der Waals surface area contributed by atoms with Gasteiger partial charge in [-0.05, 0) is 74.3 Å². The summed E-state index contributed by atoms with van der Waals surface area (Å²) in [6.45, 7) is 4.95. The van der Waals surface area contributed by atoms with Crippen LogP contribution in [0.3, 0.4) is 0 Å². The summed E-state index contributed by atoms with van der Waals surface area (Å²) >= 11 is 0. The summed E-state index contributed by atoms with van der Waals surface area (Å²) in [5, 5.41) is 2.54.